The van der Waals surface area contributed by atoms with Gasteiger partial charge >= 0.3 is 18.0 Å². The van der Waals surface area contributed by atoms with Gasteiger partial charge in [-0.05, 0) is 83.3 Å². The van der Waals surface area contributed by atoms with Crippen molar-refractivity contribution in [3.8, 4) is 5.75 Å². The zero-order chi connectivity index (χ0) is 38.5. The summed E-state index contributed by atoms with van der Waals surface area (Å²) >= 11 is 6.75. The van der Waals surface area contributed by atoms with Crippen LogP contribution >= 0.6 is 11.6 Å². The van der Waals surface area contributed by atoms with Crippen LogP contribution in [0.4, 0.5) is 10.5 Å². The monoisotopic (exact) mass is 759 g/mol. The topological polar surface area (TPSA) is 167 Å². The van der Waals surface area contributed by atoms with Crippen LogP contribution in [0.15, 0.2) is 35.9 Å². The summed E-state index contributed by atoms with van der Waals surface area (Å²) in [5, 5.41) is 23.5. The molecular weight excluding hydrogens is 706 g/mol. The van der Waals surface area contributed by atoms with Crippen LogP contribution in [0, 0.1) is 11.8 Å². The molecular formula is C39H54ClN3O10. The van der Waals surface area contributed by atoms with Crippen molar-refractivity contribution in [2.45, 2.75) is 115 Å². The van der Waals surface area contributed by atoms with Crippen molar-refractivity contribution in [2.75, 3.05) is 38.7 Å². The molecule has 3 N–H and O–H groups in total. The summed E-state index contributed by atoms with van der Waals surface area (Å²) in [5.74, 6) is -1.80. The maximum atomic E-state index is 14.0. The summed E-state index contributed by atoms with van der Waals surface area (Å²) in [6, 6.07) is 3.66. The summed E-state index contributed by atoms with van der Waals surface area (Å²) in [4.78, 5) is 55.0. The second-order valence-corrected chi connectivity index (χ2v) is 15.6. The van der Waals surface area contributed by atoms with Gasteiger partial charge in [0.15, 0.2) is 0 Å². The molecule has 14 heteroatoms. The Morgan fingerprint density at radius 3 is 2.58 bits per heavy atom. The van der Waals surface area contributed by atoms with Crippen LogP contribution in [0.1, 0.15) is 84.1 Å². The molecule has 1 aromatic rings. The number of likely N-dealkylation sites (tertiary alicyclic amines) is 1. The maximum absolute atomic E-state index is 14.0. The maximum Gasteiger partial charge on any atom is 0.409 e. The fraction of sp³-hybridized carbons (Fsp3) is 0.641. The third kappa shape index (κ3) is 10.1. The lowest BCUT2D eigenvalue weighted by Gasteiger charge is -2.39. The number of benzene rings is 1. The van der Waals surface area contributed by atoms with Crippen LogP contribution < -0.4 is 15.0 Å². The molecule has 0 spiro atoms. The molecule has 0 radical (unpaired) electrons. The second kappa shape index (κ2) is 17.2. The Kier molecular flexibility index (Phi) is 13.2. The Hall–Kier alpha value is -3.65. The van der Waals surface area contributed by atoms with Crippen molar-refractivity contribution in [2.24, 2.45) is 11.8 Å². The number of aliphatic carboxylic acids is 1. The number of epoxide rings is 1. The molecule has 13 nitrogen and oxygen atoms in total. The van der Waals surface area contributed by atoms with E-state index in [1.165, 1.54) is 12.0 Å². The summed E-state index contributed by atoms with van der Waals surface area (Å²) in [6.07, 6.45) is 6.89. The molecule has 2 amide bonds. The lowest BCUT2D eigenvalue weighted by Crippen LogP contribution is -2.57. The first-order valence-electron chi connectivity index (χ1n) is 18.6. The fourth-order valence-electron chi connectivity index (χ4n) is 7.74. The van der Waals surface area contributed by atoms with Gasteiger partial charge in [0, 0.05) is 32.2 Å². The molecule has 3 saturated heterocycles. The number of fused-ring (bicyclic) bond motifs is 5. The molecule has 0 saturated carbocycles. The number of piperidine rings is 1. The zero-order valence-electron chi connectivity index (χ0n) is 31.4. The van der Waals surface area contributed by atoms with Gasteiger partial charge in [-0.2, -0.15) is 0 Å². The van der Waals surface area contributed by atoms with E-state index in [1.54, 1.807) is 20.0 Å². The predicted molar refractivity (Wildman–Crippen MR) is 198 cm³/mol. The number of nitrogens with zero attached hydrogens (tertiary/aromatic N) is 2. The number of carbonyl (C=O) groups is 4. The number of alkyl carbamates (subject to hydrolysis) is 1. The van der Waals surface area contributed by atoms with Crippen LogP contribution in [0.3, 0.4) is 0 Å². The molecule has 0 aromatic heterocycles. The number of methoxy groups -OCH3 is 1. The van der Waals surface area contributed by atoms with Gasteiger partial charge in [-0.25, -0.2) is 4.79 Å². The molecule has 1 aromatic carbocycles. The minimum atomic E-state index is -1.54. The SMILES string of the molecule is COc1cc2cc(c1Cl)N(C)C(=O)CC(OC(=O)CCCCCN1CCC(C(=O)O)CC1)C1(C)OC1C(C)C1CC(O)(CC=CC=C(C)C2)NC(=O)O1. The molecule has 292 valence electrons. The number of nitrogens with one attached hydrogen (secondary N) is 1. The number of halogens is 1. The molecule has 0 aliphatic carbocycles. The van der Waals surface area contributed by atoms with Gasteiger partial charge in [-0.15, -0.1) is 0 Å². The van der Waals surface area contributed by atoms with E-state index in [2.05, 4.69) is 10.2 Å². The quantitative estimate of drug-likeness (QED) is 0.168. The predicted octanol–water partition coefficient (Wildman–Crippen LogP) is 5.40. The van der Waals surface area contributed by atoms with E-state index in [-0.39, 0.29) is 42.5 Å². The lowest BCUT2D eigenvalue weighted by atomic mass is 9.84. The number of unbranched alkanes of at least 4 members (excludes halogenated alkanes) is 2. The highest BCUT2D eigenvalue weighted by Gasteiger charge is 2.64. The number of carboxylic acids is 1. The number of carbonyl (C=O) groups excluding carboxylic acids is 3. The van der Waals surface area contributed by atoms with E-state index in [0.29, 0.717) is 37.1 Å². The Balaban J connectivity index is 1.33. The summed E-state index contributed by atoms with van der Waals surface area (Å²) in [7, 11) is 3.13. The van der Waals surface area contributed by atoms with Gasteiger partial charge < -0.3 is 39.0 Å². The van der Waals surface area contributed by atoms with Crippen molar-refractivity contribution >= 4 is 41.2 Å². The van der Waals surface area contributed by atoms with Crippen LogP contribution in [-0.4, -0.2) is 102 Å². The molecule has 4 heterocycles. The zero-order valence-corrected chi connectivity index (χ0v) is 32.2. The molecule has 4 aliphatic rings. The number of hydrogen-bond donors (Lipinski definition) is 3. The van der Waals surface area contributed by atoms with Crippen molar-refractivity contribution in [3.05, 3.63) is 46.5 Å². The second-order valence-electron chi connectivity index (χ2n) is 15.2. The van der Waals surface area contributed by atoms with Gasteiger partial charge in [-0.1, -0.05) is 48.7 Å². The fourth-order valence-corrected chi connectivity index (χ4v) is 8.05. The summed E-state index contributed by atoms with van der Waals surface area (Å²) < 4.78 is 23.5. The number of esters is 1. The highest BCUT2D eigenvalue weighted by Crippen LogP contribution is 2.49. The molecule has 4 aliphatic heterocycles. The molecule has 6 atom stereocenters. The van der Waals surface area contributed by atoms with E-state index in [1.807, 2.05) is 38.1 Å². The number of hydrogen-bond acceptors (Lipinski definition) is 10. The van der Waals surface area contributed by atoms with Crippen LogP contribution in [0.2, 0.25) is 5.02 Å². The standard InChI is InChI=1S/C39H54ClN3O10/c1-24-11-8-9-15-39(49)23-30(51-37(48)41-39)25(2)35-38(3,53-35)31(22-32(44)42(4)28-20-26(19-24)21-29(50-5)34(28)40)52-33(45)12-7-6-10-16-43-17-13-27(14-18-43)36(46)47/h8-9,11,20-21,25,27,30-31,35,49H,6-7,10,12-19,22-23H2,1-5H3,(H,41,48)(H,46,47). The number of carboxylic acid groups (broad SMARTS) is 1. The number of amides is 2. The van der Waals surface area contributed by atoms with E-state index in [9.17, 15) is 29.4 Å². The van der Waals surface area contributed by atoms with Gasteiger partial charge in [0.1, 0.15) is 34.3 Å². The van der Waals surface area contributed by atoms with Crippen LogP contribution in [0.5, 0.6) is 5.75 Å². The third-order valence-corrected chi connectivity index (χ3v) is 11.5. The van der Waals surface area contributed by atoms with Gasteiger partial charge in [0.05, 0.1) is 31.2 Å². The largest absolute Gasteiger partial charge is 0.495 e. The normalized spacial score (nSPS) is 30.1. The molecule has 6 unspecified atom stereocenters. The lowest BCUT2D eigenvalue weighted by molar-refractivity contribution is -0.154. The Morgan fingerprint density at radius 2 is 1.89 bits per heavy atom. The molecule has 5 rings (SSSR count). The number of aliphatic hydroxyl groups is 1. The van der Waals surface area contributed by atoms with Crippen LogP contribution in [0.25, 0.3) is 0 Å². The van der Waals surface area contributed by atoms with Crippen molar-refractivity contribution in [1.82, 2.24) is 10.2 Å². The van der Waals surface area contributed by atoms with E-state index in [0.717, 1.165) is 43.6 Å². The first-order valence-corrected chi connectivity index (χ1v) is 19.0. The highest BCUT2D eigenvalue weighted by molar-refractivity contribution is 6.35. The van der Waals surface area contributed by atoms with Crippen LogP contribution in [-0.2, 0) is 35.0 Å². The minimum Gasteiger partial charge on any atom is -0.495 e. The van der Waals surface area contributed by atoms with Gasteiger partial charge in [0.2, 0.25) is 5.91 Å². The van der Waals surface area contributed by atoms with E-state index >= 15 is 0 Å². The van der Waals surface area contributed by atoms with Crippen molar-refractivity contribution < 1.29 is 48.3 Å². The molecule has 3 fully saturated rings. The van der Waals surface area contributed by atoms with Gasteiger partial charge in [-0.3, -0.25) is 19.7 Å². The van der Waals surface area contributed by atoms with Crippen molar-refractivity contribution in [1.29, 1.82) is 0 Å². The molecule has 4 bridgehead atoms. The minimum absolute atomic E-state index is 0.108. The van der Waals surface area contributed by atoms with E-state index < -0.39 is 53.6 Å². The Labute approximate surface area is 316 Å². The number of ether oxygens (including phenoxy) is 4. The highest BCUT2D eigenvalue weighted by atomic mass is 35.5. The van der Waals surface area contributed by atoms with E-state index in [4.69, 9.17) is 30.5 Å². The number of anilines is 1. The Morgan fingerprint density at radius 1 is 1.15 bits per heavy atom. The summed E-state index contributed by atoms with van der Waals surface area (Å²) in [6.45, 7) is 7.97. The average Bonchev–Trinajstić information content (AvgIpc) is 3.81. The van der Waals surface area contributed by atoms with Gasteiger partial charge in [0.25, 0.3) is 0 Å². The van der Waals surface area contributed by atoms with Crippen molar-refractivity contribution in [3.63, 3.8) is 0 Å². The molecule has 53 heavy (non-hydrogen) atoms. The Bertz CT molecular complexity index is 1590. The first-order chi connectivity index (χ1) is 25.1. The third-order valence-electron chi connectivity index (χ3n) is 11.1. The average molecular weight is 760 g/mol. The first kappa shape index (κ1) is 40.5. The smallest absolute Gasteiger partial charge is 0.409 e. The summed E-state index contributed by atoms with van der Waals surface area (Å²) in [5.41, 5.74) is -0.312. The number of rotatable bonds is 9. The number of allylic oxidation sites excluding steroid dienone is 3.